The molecule has 0 aromatic heterocycles. The molecule has 2 aromatic rings. The first-order chi connectivity index (χ1) is 29.3. The molecular weight excluding hydrogens is 785 g/mol. The van der Waals surface area contributed by atoms with E-state index in [0.717, 1.165) is 24.1 Å². The van der Waals surface area contributed by atoms with Gasteiger partial charge < -0.3 is 40.3 Å². The van der Waals surface area contributed by atoms with Crippen molar-refractivity contribution in [2.24, 2.45) is 23.7 Å². The number of likely N-dealkylation sites (N-methyl/N-ethyl adjacent to an activating group) is 2. The Kier molecular flexibility index (Phi) is 20.8. The molecule has 4 amide bonds. The molecule has 0 radical (unpaired) electrons. The van der Waals surface area contributed by atoms with E-state index in [1.165, 1.54) is 0 Å². The van der Waals surface area contributed by atoms with Crippen molar-refractivity contribution in [3.63, 3.8) is 0 Å². The summed E-state index contributed by atoms with van der Waals surface area (Å²) in [6.45, 7) is 20.8. The molecule has 0 aliphatic carbocycles. The number of hydrogen-bond acceptors (Lipinski definition) is 9. The van der Waals surface area contributed by atoms with Gasteiger partial charge in [0.2, 0.25) is 23.6 Å². The summed E-state index contributed by atoms with van der Waals surface area (Å²) in [5.41, 5.74) is 2.81. The lowest BCUT2D eigenvalue weighted by Gasteiger charge is -2.41. The maximum atomic E-state index is 14.6. The number of ether oxygens (including phenoxy) is 2. The Morgan fingerprint density at radius 3 is 2.08 bits per heavy atom. The normalized spacial score (nSPS) is 18.8. The van der Waals surface area contributed by atoms with Gasteiger partial charge in [-0.15, -0.1) is 0 Å². The zero-order valence-corrected chi connectivity index (χ0v) is 40.2. The van der Waals surface area contributed by atoms with Gasteiger partial charge >= 0.3 is 0 Å². The Bertz CT molecular complexity index is 1710. The number of carbonyl (C=O) groups is 4. The van der Waals surface area contributed by atoms with Crippen molar-refractivity contribution >= 4 is 29.3 Å². The fraction of sp³-hybridized carbons (Fsp3) is 0.673. The number of aliphatic hydroxyl groups excluding tert-OH is 1. The first-order valence-electron chi connectivity index (χ1n) is 22.8. The van der Waals surface area contributed by atoms with Gasteiger partial charge in [0, 0.05) is 46.1 Å². The molecule has 2 aromatic carbocycles. The van der Waals surface area contributed by atoms with Gasteiger partial charge in [0.1, 0.15) is 6.04 Å². The minimum absolute atomic E-state index is 0.0176. The third-order valence-electron chi connectivity index (χ3n) is 12.7. The van der Waals surface area contributed by atoms with Crippen LogP contribution in [-0.4, -0.2) is 127 Å². The number of benzene rings is 2. The third-order valence-corrected chi connectivity index (χ3v) is 12.7. The summed E-state index contributed by atoms with van der Waals surface area (Å²) in [7, 11) is 6.82. The van der Waals surface area contributed by atoms with E-state index < -0.39 is 48.4 Å². The van der Waals surface area contributed by atoms with Crippen LogP contribution in [0, 0.1) is 23.7 Å². The van der Waals surface area contributed by atoms with E-state index in [-0.39, 0.29) is 53.8 Å². The fourth-order valence-electron chi connectivity index (χ4n) is 9.14. The molecule has 0 bridgehead atoms. The average molecular weight is 865 g/mol. The Hall–Kier alpha value is -4.04. The number of amides is 4. The van der Waals surface area contributed by atoms with Gasteiger partial charge in [0.25, 0.3) is 0 Å². The van der Waals surface area contributed by atoms with Crippen molar-refractivity contribution in [3.05, 3.63) is 65.7 Å². The summed E-state index contributed by atoms with van der Waals surface area (Å²) in [6, 6.07) is 15.0. The number of nitrogens with one attached hydrogen (secondary N) is 3. The number of methoxy groups -OCH3 is 2. The lowest BCUT2D eigenvalue weighted by molar-refractivity contribution is -0.148. The number of likely N-dealkylation sites (tertiary alicyclic amines) is 1. The lowest BCUT2D eigenvalue weighted by Crippen LogP contribution is -2.60. The Morgan fingerprint density at radius 1 is 0.855 bits per heavy atom. The lowest BCUT2D eigenvalue weighted by atomic mass is 9.89. The highest BCUT2D eigenvalue weighted by molar-refractivity contribution is 5.90. The van der Waals surface area contributed by atoms with Gasteiger partial charge in [-0.25, -0.2) is 0 Å². The highest BCUT2D eigenvalue weighted by atomic mass is 16.5. The molecule has 3 rings (SSSR count). The van der Waals surface area contributed by atoms with Crippen LogP contribution >= 0.6 is 0 Å². The van der Waals surface area contributed by atoms with Crippen molar-refractivity contribution in [2.75, 3.05) is 40.2 Å². The highest BCUT2D eigenvalue weighted by Gasteiger charge is 2.43. The molecule has 1 aliphatic heterocycles. The van der Waals surface area contributed by atoms with E-state index in [4.69, 9.17) is 9.47 Å². The predicted octanol–water partition coefficient (Wildman–Crippen LogP) is 6.26. The average Bonchev–Trinajstić information content (AvgIpc) is 3.71. The van der Waals surface area contributed by atoms with Crippen molar-refractivity contribution < 1.29 is 33.8 Å². The number of anilines is 1. The second-order valence-corrected chi connectivity index (χ2v) is 18.6. The van der Waals surface area contributed by atoms with Crippen LogP contribution in [-0.2, 0) is 35.2 Å². The molecule has 10 atom stereocenters. The third kappa shape index (κ3) is 14.0. The molecule has 62 heavy (non-hydrogen) atoms. The van der Waals surface area contributed by atoms with Crippen LogP contribution in [0.3, 0.4) is 0 Å². The first kappa shape index (κ1) is 52.3. The Balaban J connectivity index is 1.77. The van der Waals surface area contributed by atoms with Gasteiger partial charge in [-0.05, 0) is 81.7 Å². The second kappa shape index (κ2) is 24.7. The summed E-state index contributed by atoms with van der Waals surface area (Å²) in [6.07, 6.45) is 0.0451. The van der Waals surface area contributed by atoms with Crippen molar-refractivity contribution in [1.82, 2.24) is 25.3 Å². The topological polar surface area (TPSA) is 153 Å². The first-order valence-corrected chi connectivity index (χ1v) is 22.8. The summed E-state index contributed by atoms with van der Waals surface area (Å²) in [5.74, 6) is -1.77. The SMILES string of the molecule is CC[C@H](C)[C@@H]([C@@H](CC(=O)N1CCC[C@H]1[C@H](OC)[C@@H](C)C(=O)N[C@H](C)[C@@H](O)c1ccccc1)OC)N(C)C(=O)[C@@H](NC(=O)[C@H](C(C)C)N(C)Cc1cccc(NC(C)C)c1)C(C)C. The molecule has 1 aliphatic rings. The number of aliphatic hydroxyl groups is 1. The minimum Gasteiger partial charge on any atom is -0.386 e. The number of nitrogens with zero attached hydrogens (tertiary/aromatic N) is 3. The Morgan fingerprint density at radius 2 is 1.52 bits per heavy atom. The zero-order valence-electron chi connectivity index (χ0n) is 40.2. The van der Waals surface area contributed by atoms with Gasteiger partial charge in [-0.1, -0.05) is 97.4 Å². The predicted molar refractivity (Wildman–Crippen MR) is 247 cm³/mol. The molecule has 0 spiro atoms. The van der Waals surface area contributed by atoms with E-state index in [0.29, 0.717) is 31.1 Å². The number of carbonyl (C=O) groups excluding carboxylic acids is 4. The van der Waals surface area contributed by atoms with Gasteiger partial charge in [-0.2, -0.15) is 0 Å². The summed E-state index contributed by atoms with van der Waals surface area (Å²) in [4.78, 5) is 62.3. The monoisotopic (exact) mass is 865 g/mol. The fourth-order valence-corrected chi connectivity index (χ4v) is 9.14. The molecule has 1 saturated heterocycles. The standard InChI is InChI=1S/C49H80N6O7/c1-15-33(8)44(54(12)49(60)42(30(2)3)52-48(59)43(31(4)5)53(11)29-36-21-19-24-38(27-36)50-32(6)7)40(61-13)28-41(56)55-26-20-25-39(55)46(62-14)34(9)47(58)51-35(10)45(57)37-22-17-16-18-23-37/h16-19,21-24,27,30-35,39-40,42-46,50,57H,15,20,25-26,28-29H2,1-14H3,(H,51,58)(H,52,59)/t33-,34+,35+,39-,40+,42-,43-,44-,45+,46+/m0/s1. The van der Waals surface area contributed by atoms with Gasteiger partial charge in [0.05, 0.1) is 54.8 Å². The molecule has 4 N–H and O–H groups in total. The maximum Gasteiger partial charge on any atom is 0.245 e. The van der Waals surface area contributed by atoms with Crippen LogP contribution in [0.2, 0.25) is 0 Å². The van der Waals surface area contributed by atoms with Crippen LogP contribution in [0.5, 0.6) is 0 Å². The maximum absolute atomic E-state index is 14.6. The van der Waals surface area contributed by atoms with Crippen LogP contribution in [0.15, 0.2) is 54.6 Å². The molecule has 0 unspecified atom stereocenters. The highest BCUT2D eigenvalue weighted by Crippen LogP contribution is 2.30. The molecule has 13 heteroatoms. The van der Waals surface area contributed by atoms with Crippen molar-refractivity contribution in [1.29, 1.82) is 0 Å². The molecule has 1 fully saturated rings. The number of hydrogen-bond donors (Lipinski definition) is 4. The van der Waals surface area contributed by atoms with Gasteiger partial charge in [-0.3, -0.25) is 24.1 Å². The second-order valence-electron chi connectivity index (χ2n) is 18.6. The van der Waals surface area contributed by atoms with E-state index in [1.54, 1.807) is 44.9 Å². The van der Waals surface area contributed by atoms with E-state index >= 15 is 0 Å². The van der Waals surface area contributed by atoms with Crippen LogP contribution in [0.4, 0.5) is 5.69 Å². The summed E-state index contributed by atoms with van der Waals surface area (Å²) < 4.78 is 12.1. The molecule has 0 saturated carbocycles. The van der Waals surface area contributed by atoms with Crippen LogP contribution in [0.25, 0.3) is 0 Å². The van der Waals surface area contributed by atoms with Crippen molar-refractivity contribution in [2.45, 2.75) is 156 Å². The molecule has 348 valence electrons. The quantitative estimate of drug-likeness (QED) is 0.0959. The molecular formula is C49H80N6O7. The zero-order chi connectivity index (χ0) is 46.4. The summed E-state index contributed by atoms with van der Waals surface area (Å²) >= 11 is 0. The largest absolute Gasteiger partial charge is 0.386 e. The van der Waals surface area contributed by atoms with E-state index in [2.05, 4.69) is 55.8 Å². The van der Waals surface area contributed by atoms with E-state index in [9.17, 15) is 24.3 Å². The smallest absolute Gasteiger partial charge is 0.245 e. The van der Waals surface area contributed by atoms with Crippen LogP contribution in [0.1, 0.15) is 112 Å². The summed E-state index contributed by atoms with van der Waals surface area (Å²) in [5, 5.41) is 20.4. The minimum atomic E-state index is -0.885. The molecule has 1 heterocycles. The van der Waals surface area contributed by atoms with Gasteiger partial charge in [0.15, 0.2) is 0 Å². The number of rotatable bonds is 24. The van der Waals surface area contributed by atoms with Crippen LogP contribution < -0.4 is 16.0 Å². The Labute approximate surface area is 373 Å². The van der Waals surface area contributed by atoms with Crippen molar-refractivity contribution in [3.8, 4) is 0 Å². The van der Waals surface area contributed by atoms with E-state index in [1.807, 2.05) is 82.1 Å². The molecule has 13 nitrogen and oxygen atoms in total.